The highest BCUT2D eigenvalue weighted by Crippen LogP contribution is 2.39. The van der Waals surface area contributed by atoms with Crippen LogP contribution in [0, 0.1) is 5.82 Å². The second kappa shape index (κ2) is 3.23. The minimum atomic E-state index is -1.18. The molecule has 0 spiro atoms. The molecule has 0 amide bonds. The lowest BCUT2D eigenvalue weighted by Crippen LogP contribution is -2.32. The van der Waals surface area contributed by atoms with E-state index in [-0.39, 0.29) is 12.4 Å². The van der Waals surface area contributed by atoms with Gasteiger partial charge in [-0.3, -0.25) is 0 Å². The molecule has 78 valence electrons. The molecule has 2 nitrogen and oxygen atoms in total. The predicted molar refractivity (Wildman–Crippen MR) is 54.1 cm³/mol. The molecule has 1 N–H and O–H groups in total. The molecule has 0 fully saturated rings. The van der Waals surface area contributed by atoms with E-state index in [9.17, 15) is 9.50 Å². The molecular formula is C12H11FO2. The number of rotatable bonds is 0. The third-order valence-corrected chi connectivity index (χ3v) is 2.64. The van der Waals surface area contributed by atoms with Gasteiger partial charge in [0.1, 0.15) is 23.8 Å². The first-order chi connectivity index (χ1) is 7.05. The maximum Gasteiger partial charge on any atom is 0.129 e. The summed E-state index contributed by atoms with van der Waals surface area (Å²) in [6, 6.07) is 4.08. The highest BCUT2D eigenvalue weighted by atomic mass is 19.1. The number of hydrogen-bond acceptors (Lipinski definition) is 2. The van der Waals surface area contributed by atoms with Crippen LogP contribution in [0.4, 0.5) is 4.39 Å². The van der Waals surface area contributed by atoms with Gasteiger partial charge in [0.2, 0.25) is 0 Å². The van der Waals surface area contributed by atoms with E-state index in [0.717, 1.165) is 0 Å². The molecule has 2 rings (SSSR count). The zero-order valence-electron chi connectivity index (χ0n) is 8.38. The summed E-state index contributed by atoms with van der Waals surface area (Å²) in [5.41, 5.74) is 2.57. The lowest BCUT2D eigenvalue weighted by atomic mass is 9.86. The number of ether oxygens (including phenoxy) is 1. The van der Waals surface area contributed by atoms with Crippen LogP contribution in [-0.4, -0.2) is 11.7 Å². The van der Waals surface area contributed by atoms with Gasteiger partial charge in [-0.05, 0) is 19.1 Å². The van der Waals surface area contributed by atoms with Crippen molar-refractivity contribution in [2.45, 2.75) is 12.5 Å². The topological polar surface area (TPSA) is 29.5 Å². The summed E-state index contributed by atoms with van der Waals surface area (Å²) in [6.07, 6.45) is 0. The van der Waals surface area contributed by atoms with Gasteiger partial charge >= 0.3 is 0 Å². The van der Waals surface area contributed by atoms with Gasteiger partial charge in [0.25, 0.3) is 0 Å². The summed E-state index contributed by atoms with van der Waals surface area (Å²) < 4.78 is 18.2. The maximum atomic E-state index is 12.9. The van der Waals surface area contributed by atoms with E-state index in [0.29, 0.717) is 16.9 Å². The van der Waals surface area contributed by atoms with Crippen molar-refractivity contribution in [2.75, 3.05) is 6.61 Å². The molecule has 3 heteroatoms. The fraction of sp³-hybridized carbons (Fsp3) is 0.250. The van der Waals surface area contributed by atoms with Crippen molar-refractivity contribution in [3.8, 4) is 5.75 Å². The first-order valence-corrected chi connectivity index (χ1v) is 4.60. The summed E-state index contributed by atoms with van der Waals surface area (Å²) in [5.74, 6) is -0.00502. The Balaban J connectivity index is 2.62. The van der Waals surface area contributed by atoms with Gasteiger partial charge in [-0.25, -0.2) is 4.39 Å². The number of hydrogen-bond donors (Lipinski definition) is 1. The summed E-state index contributed by atoms with van der Waals surface area (Å²) in [6.45, 7) is 5.31. The monoisotopic (exact) mass is 206 g/mol. The van der Waals surface area contributed by atoms with Crippen molar-refractivity contribution in [3.05, 3.63) is 47.5 Å². The van der Waals surface area contributed by atoms with Crippen LogP contribution in [0.3, 0.4) is 0 Å². The average molecular weight is 206 g/mol. The fourth-order valence-corrected chi connectivity index (χ4v) is 1.69. The maximum absolute atomic E-state index is 12.9. The molecule has 1 heterocycles. The van der Waals surface area contributed by atoms with Crippen LogP contribution >= 0.6 is 0 Å². The van der Waals surface area contributed by atoms with Crippen LogP contribution in [0.15, 0.2) is 36.1 Å². The van der Waals surface area contributed by atoms with Gasteiger partial charge in [0.15, 0.2) is 0 Å². The molecule has 0 radical (unpaired) electrons. The van der Waals surface area contributed by atoms with Crippen LogP contribution in [0.5, 0.6) is 5.75 Å². The Morgan fingerprint density at radius 3 is 3.00 bits per heavy atom. The lowest BCUT2D eigenvalue weighted by molar-refractivity contribution is 0.0685. The Morgan fingerprint density at radius 2 is 2.33 bits per heavy atom. The van der Waals surface area contributed by atoms with Gasteiger partial charge in [-0.15, -0.1) is 5.73 Å². The molecule has 0 saturated carbocycles. The summed E-state index contributed by atoms with van der Waals surface area (Å²) in [5, 5.41) is 10.2. The Labute approximate surface area is 87.3 Å². The van der Waals surface area contributed by atoms with Crippen molar-refractivity contribution >= 4 is 0 Å². The molecule has 1 aromatic rings. The zero-order chi connectivity index (χ0) is 11.1. The zero-order valence-corrected chi connectivity index (χ0v) is 8.38. The number of fused-ring (bicyclic) bond motifs is 1. The van der Waals surface area contributed by atoms with E-state index in [1.807, 2.05) is 0 Å². The Kier molecular flexibility index (Phi) is 2.14. The fourth-order valence-electron chi connectivity index (χ4n) is 1.69. The largest absolute Gasteiger partial charge is 0.488 e. The molecule has 0 aromatic heterocycles. The van der Waals surface area contributed by atoms with Crippen LogP contribution in [0.25, 0.3) is 0 Å². The number of halogens is 1. The molecule has 0 aliphatic carbocycles. The molecule has 1 aliphatic rings. The second-order valence-corrected chi connectivity index (χ2v) is 3.66. The minimum Gasteiger partial charge on any atom is -0.488 e. The molecular weight excluding hydrogens is 195 g/mol. The van der Waals surface area contributed by atoms with Gasteiger partial charge in [-0.1, -0.05) is 6.58 Å². The first-order valence-electron chi connectivity index (χ1n) is 4.60. The van der Waals surface area contributed by atoms with E-state index < -0.39 is 5.60 Å². The smallest absolute Gasteiger partial charge is 0.129 e. The Hall–Kier alpha value is -1.57. The van der Waals surface area contributed by atoms with Crippen LogP contribution in [-0.2, 0) is 5.60 Å². The van der Waals surface area contributed by atoms with Gasteiger partial charge in [0.05, 0.1) is 0 Å². The van der Waals surface area contributed by atoms with Crippen LogP contribution < -0.4 is 4.74 Å². The highest BCUT2D eigenvalue weighted by molar-refractivity contribution is 5.45. The van der Waals surface area contributed by atoms with E-state index >= 15 is 0 Å². The molecule has 1 atom stereocenters. The Morgan fingerprint density at radius 1 is 1.60 bits per heavy atom. The normalized spacial score (nSPS) is 24.1. The van der Waals surface area contributed by atoms with E-state index in [4.69, 9.17) is 4.74 Å². The predicted octanol–water partition coefficient (Wildman–Crippen LogP) is 2.14. The van der Waals surface area contributed by atoms with Gasteiger partial charge in [-0.2, -0.15) is 0 Å². The van der Waals surface area contributed by atoms with Crippen molar-refractivity contribution in [2.24, 2.45) is 0 Å². The summed E-state index contributed by atoms with van der Waals surface area (Å²) >= 11 is 0. The molecule has 15 heavy (non-hydrogen) atoms. The van der Waals surface area contributed by atoms with Crippen LogP contribution in [0.2, 0.25) is 0 Å². The van der Waals surface area contributed by atoms with Crippen molar-refractivity contribution in [1.82, 2.24) is 0 Å². The molecule has 0 saturated heterocycles. The van der Waals surface area contributed by atoms with Crippen molar-refractivity contribution in [1.29, 1.82) is 0 Å². The number of aliphatic hydroxyl groups is 1. The second-order valence-electron chi connectivity index (χ2n) is 3.66. The van der Waals surface area contributed by atoms with Gasteiger partial charge in [0, 0.05) is 17.2 Å². The highest BCUT2D eigenvalue weighted by Gasteiger charge is 2.35. The van der Waals surface area contributed by atoms with E-state index in [1.165, 1.54) is 18.2 Å². The third kappa shape index (κ3) is 1.46. The van der Waals surface area contributed by atoms with E-state index in [2.05, 4.69) is 12.3 Å². The van der Waals surface area contributed by atoms with Gasteiger partial charge < -0.3 is 9.84 Å². The Bertz CT molecular complexity index is 457. The lowest BCUT2D eigenvalue weighted by Gasteiger charge is -2.32. The van der Waals surface area contributed by atoms with Crippen molar-refractivity contribution in [3.63, 3.8) is 0 Å². The van der Waals surface area contributed by atoms with E-state index in [1.54, 1.807) is 6.92 Å². The third-order valence-electron chi connectivity index (χ3n) is 2.64. The van der Waals surface area contributed by atoms with Crippen LogP contribution in [0.1, 0.15) is 12.5 Å². The molecule has 1 aromatic carbocycles. The van der Waals surface area contributed by atoms with Crippen molar-refractivity contribution < 1.29 is 14.2 Å². The first kappa shape index (κ1) is 9.97. The summed E-state index contributed by atoms with van der Waals surface area (Å²) in [7, 11) is 0. The average Bonchev–Trinajstić information content (AvgIpc) is 2.17. The molecule has 1 unspecified atom stereocenters. The minimum absolute atomic E-state index is 0.187. The molecule has 1 aliphatic heterocycles. The molecule has 0 bridgehead atoms. The standard InChI is InChI=1S/C12H11FO2/c1-3-8-7-15-11-6-9(13)4-5-10(11)12(8,2)14/h4-6,14H,1,7H2,2H3. The quantitative estimate of drug-likeness (QED) is 0.659. The number of benzene rings is 1. The SMILES string of the molecule is C=C=C1COc2cc(F)ccc2C1(C)O. The summed E-state index contributed by atoms with van der Waals surface area (Å²) in [4.78, 5) is 0.